The largest absolute Gasteiger partial charge is 0.468 e. The molecule has 156 valence electrons. The van der Waals surface area contributed by atoms with Gasteiger partial charge in [0.15, 0.2) is 0 Å². The first-order chi connectivity index (χ1) is 13.0. The molecule has 0 aromatic carbocycles. The maximum atomic E-state index is 11.6. The average Bonchev–Trinajstić information content (AvgIpc) is 3.10. The van der Waals surface area contributed by atoms with Gasteiger partial charge < -0.3 is 14.6 Å². The van der Waals surface area contributed by atoms with Crippen LogP contribution < -0.4 is 0 Å². The molecule has 3 fully saturated rings. The molecule has 0 radical (unpaired) electrons. The molecule has 0 bridgehead atoms. The van der Waals surface area contributed by atoms with Gasteiger partial charge in [0.1, 0.15) is 5.76 Å². The summed E-state index contributed by atoms with van der Waals surface area (Å²) < 4.78 is 5.94. The van der Waals surface area contributed by atoms with Crippen LogP contribution in [0.15, 0.2) is 16.7 Å². The van der Waals surface area contributed by atoms with E-state index in [1.54, 1.807) is 6.26 Å². The smallest absolute Gasteiger partial charge is 0.118 e. The molecule has 0 aliphatic heterocycles. The van der Waals surface area contributed by atoms with E-state index in [4.69, 9.17) is 4.42 Å². The maximum Gasteiger partial charge on any atom is 0.118 e. The minimum absolute atomic E-state index is 0.137. The number of hydrogen-bond donors (Lipinski definition) is 2. The third-order valence-electron chi connectivity index (χ3n) is 10.5. The van der Waals surface area contributed by atoms with Crippen molar-refractivity contribution < 1.29 is 14.6 Å². The maximum absolute atomic E-state index is 11.6. The second-order valence-corrected chi connectivity index (χ2v) is 12.0. The third kappa shape index (κ3) is 2.13. The highest BCUT2D eigenvalue weighted by Gasteiger charge is 2.68. The lowest BCUT2D eigenvalue weighted by molar-refractivity contribution is -0.215. The Labute approximate surface area is 169 Å². The molecular weight excluding hydrogens is 348 g/mol. The Balaban J connectivity index is 1.63. The molecule has 3 nitrogen and oxygen atoms in total. The van der Waals surface area contributed by atoms with Crippen LogP contribution in [0.3, 0.4) is 0 Å². The van der Waals surface area contributed by atoms with E-state index < -0.39 is 17.6 Å². The van der Waals surface area contributed by atoms with Gasteiger partial charge in [-0.2, -0.15) is 0 Å². The quantitative estimate of drug-likeness (QED) is 0.610. The zero-order chi connectivity index (χ0) is 20.1. The van der Waals surface area contributed by atoms with Crippen LogP contribution in [0.4, 0.5) is 0 Å². The van der Waals surface area contributed by atoms with Gasteiger partial charge in [0.25, 0.3) is 0 Å². The van der Waals surface area contributed by atoms with Crippen molar-refractivity contribution in [1.82, 2.24) is 0 Å². The first-order valence-electron chi connectivity index (χ1n) is 11.5. The van der Waals surface area contributed by atoms with Gasteiger partial charge in [0.05, 0.1) is 23.9 Å². The molecule has 28 heavy (non-hydrogen) atoms. The van der Waals surface area contributed by atoms with Gasteiger partial charge >= 0.3 is 0 Å². The van der Waals surface area contributed by atoms with E-state index in [-0.39, 0.29) is 16.7 Å². The van der Waals surface area contributed by atoms with Crippen LogP contribution in [0.2, 0.25) is 0 Å². The molecule has 1 heterocycles. The molecule has 3 saturated carbocycles. The van der Waals surface area contributed by atoms with E-state index in [1.807, 2.05) is 6.07 Å². The molecule has 4 aliphatic carbocycles. The Morgan fingerprint density at radius 3 is 2.36 bits per heavy atom. The Morgan fingerprint density at radius 1 is 0.893 bits per heavy atom. The molecule has 0 saturated heterocycles. The molecule has 2 N–H and O–H groups in total. The van der Waals surface area contributed by atoms with E-state index in [2.05, 4.69) is 34.6 Å². The second kappa shape index (κ2) is 5.66. The van der Waals surface area contributed by atoms with Crippen molar-refractivity contribution in [3.05, 3.63) is 23.7 Å². The van der Waals surface area contributed by atoms with Crippen molar-refractivity contribution in [3.8, 4) is 0 Å². The van der Waals surface area contributed by atoms with E-state index in [1.165, 1.54) is 32.1 Å². The molecule has 8 atom stereocenters. The van der Waals surface area contributed by atoms with Gasteiger partial charge in [-0.3, -0.25) is 0 Å². The standard InChI is InChI=1S/C25H38O3/c1-22(2)9-6-10-23(3)17(22)7-11-24(4)18(23)14-20(27)25(5)19(24)13-16(26)15-8-12-28-21(15)25/h8,12,16-20,26-27H,6-7,9-11,13-14H2,1-5H3/t16-,17-,18+,19-,20-,23-,24+,25+/m0/s1. The number of furan rings is 1. The van der Waals surface area contributed by atoms with Crippen molar-refractivity contribution in [2.45, 2.75) is 97.2 Å². The van der Waals surface area contributed by atoms with E-state index in [9.17, 15) is 10.2 Å². The number of hydrogen-bond acceptors (Lipinski definition) is 3. The fraction of sp³-hybridized carbons (Fsp3) is 0.840. The summed E-state index contributed by atoms with van der Waals surface area (Å²) in [6.45, 7) is 12.2. The third-order valence-corrected chi connectivity index (χ3v) is 10.5. The van der Waals surface area contributed by atoms with Crippen molar-refractivity contribution in [1.29, 1.82) is 0 Å². The molecule has 1 aromatic rings. The number of fused-ring (bicyclic) bond motifs is 7. The van der Waals surface area contributed by atoms with Gasteiger partial charge in [-0.25, -0.2) is 0 Å². The van der Waals surface area contributed by atoms with Crippen LogP contribution in [-0.2, 0) is 5.41 Å². The zero-order valence-corrected chi connectivity index (χ0v) is 18.3. The molecule has 0 unspecified atom stereocenters. The van der Waals surface area contributed by atoms with E-state index in [0.29, 0.717) is 11.3 Å². The topological polar surface area (TPSA) is 53.6 Å². The highest BCUT2D eigenvalue weighted by atomic mass is 16.3. The van der Waals surface area contributed by atoms with Crippen LogP contribution in [0, 0.1) is 34.0 Å². The highest BCUT2D eigenvalue weighted by molar-refractivity contribution is 5.36. The van der Waals surface area contributed by atoms with Gasteiger partial charge in [-0.15, -0.1) is 0 Å². The van der Waals surface area contributed by atoms with E-state index in [0.717, 1.165) is 30.1 Å². The monoisotopic (exact) mass is 386 g/mol. The Morgan fingerprint density at radius 2 is 1.61 bits per heavy atom. The molecule has 0 amide bonds. The van der Waals surface area contributed by atoms with Crippen LogP contribution in [0.25, 0.3) is 0 Å². The lowest BCUT2D eigenvalue weighted by atomic mass is 9.35. The van der Waals surface area contributed by atoms with Crippen LogP contribution in [0.5, 0.6) is 0 Å². The van der Waals surface area contributed by atoms with Crippen LogP contribution in [0.1, 0.15) is 97.0 Å². The summed E-state index contributed by atoms with van der Waals surface area (Å²) in [5.41, 5.74) is 1.32. The summed E-state index contributed by atoms with van der Waals surface area (Å²) >= 11 is 0. The average molecular weight is 387 g/mol. The Hall–Kier alpha value is -0.800. The summed E-state index contributed by atoms with van der Waals surface area (Å²) in [6.07, 6.45) is 8.83. The predicted molar refractivity (Wildman–Crippen MR) is 110 cm³/mol. The zero-order valence-electron chi connectivity index (χ0n) is 18.3. The summed E-state index contributed by atoms with van der Waals surface area (Å²) in [5, 5.41) is 22.5. The number of rotatable bonds is 0. The normalized spacial score (nSPS) is 52.2. The molecule has 5 rings (SSSR count). The number of aliphatic hydroxyl groups is 2. The first kappa shape index (κ1) is 19.2. The summed E-state index contributed by atoms with van der Waals surface area (Å²) in [6, 6.07) is 1.91. The van der Waals surface area contributed by atoms with Crippen molar-refractivity contribution in [2.24, 2.45) is 34.0 Å². The van der Waals surface area contributed by atoms with Crippen molar-refractivity contribution in [3.63, 3.8) is 0 Å². The van der Waals surface area contributed by atoms with Crippen LogP contribution in [-0.4, -0.2) is 16.3 Å². The minimum Gasteiger partial charge on any atom is -0.468 e. The SMILES string of the molecule is CC1(C)CCC[C@]2(C)[C@H]3C[C@H](O)[C@]4(C)c5occc5[C@@H](O)C[C@H]4[C@]3(C)CC[C@@H]12. The van der Waals surface area contributed by atoms with E-state index >= 15 is 0 Å². The molecular formula is C25H38O3. The highest BCUT2D eigenvalue weighted by Crippen LogP contribution is 2.72. The number of aliphatic hydroxyl groups excluding tert-OH is 2. The second-order valence-electron chi connectivity index (χ2n) is 12.0. The molecule has 4 aliphatic rings. The first-order valence-corrected chi connectivity index (χ1v) is 11.5. The lowest BCUT2D eigenvalue weighted by Crippen LogP contribution is -2.66. The molecule has 1 aromatic heterocycles. The van der Waals surface area contributed by atoms with Gasteiger partial charge in [0.2, 0.25) is 0 Å². The lowest BCUT2D eigenvalue weighted by Gasteiger charge is -2.69. The Bertz CT molecular complexity index is 781. The summed E-state index contributed by atoms with van der Waals surface area (Å²) in [7, 11) is 0. The van der Waals surface area contributed by atoms with Crippen molar-refractivity contribution >= 4 is 0 Å². The fourth-order valence-electron chi connectivity index (χ4n) is 9.22. The molecule has 0 spiro atoms. The fourth-order valence-corrected chi connectivity index (χ4v) is 9.22. The van der Waals surface area contributed by atoms with Gasteiger partial charge in [-0.1, -0.05) is 34.1 Å². The summed E-state index contributed by atoms with van der Waals surface area (Å²) in [4.78, 5) is 0. The Kier molecular flexibility index (Phi) is 3.88. The minimum atomic E-state index is -0.470. The van der Waals surface area contributed by atoms with Crippen LogP contribution >= 0.6 is 0 Å². The molecule has 3 heteroatoms. The van der Waals surface area contributed by atoms with Crippen molar-refractivity contribution in [2.75, 3.05) is 0 Å². The van der Waals surface area contributed by atoms with Gasteiger partial charge in [-0.05, 0) is 85.5 Å². The predicted octanol–water partition coefficient (Wildman–Crippen LogP) is 5.60. The van der Waals surface area contributed by atoms with Gasteiger partial charge in [0, 0.05) is 5.56 Å². The summed E-state index contributed by atoms with van der Waals surface area (Å²) in [5.74, 6) is 2.34.